The zero-order valence-corrected chi connectivity index (χ0v) is 15.1. The molecule has 4 nitrogen and oxygen atoms in total. The molecule has 2 N–H and O–H groups in total. The molecule has 0 aliphatic heterocycles. The molecule has 0 aliphatic carbocycles. The van der Waals surface area contributed by atoms with E-state index >= 15 is 0 Å². The van der Waals surface area contributed by atoms with Crippen molar-refractivity contribution >= 4 is 34.1 Å². The lowest BCUT2D eigenvalue weighted by Crippen LogP contribution is -2.16. The molecule has 0 unspecified atom stereocenters. The molecular weight excluding hydrogens is 336 g/mol. The number of anilines is 1. The molecule has 5 heteroatoms. The molecule has 1 heterocycles. The molecule has 0 saturated carbocycles. The second kappa shape index (κ2) is 6.73. The molecule has 0 saturated heterocycles. The minimum absolute atomic E-state index is 0.0949. The number of H-pyrrole nitrogens is 1. The van der Waals surface area contributed by atoms with Gasteiger partial charge in [0.25, 0.3) is 5.56 Å². The van der Waals surface area contributed by atoms with Crippen LogP contribution in [-0.4, -0.2) is 10.9 Å². The molecule has 0 aliphatic rings. The van der Waals surface area contributed by atoms with Crippen molar-refractivity contribution in [3.05, 3.63) is 74.0 Å². The van der Waals surface area contributed by atoms with Crippen LogP contribution >= 0.6 is 11.6 Å². The summed E-state index contributed by atoms with van der Waals surface area (Å²) in [4.78, 5) is 26.9. The summed E-state index contributed by atoms with van der Waals surface area (Å²) in [5.74, 6) is -0.130. The number of amides is 1. The van der Waals surface area contributed by atoms with Crippen molar-refractivity contribution in [2.24, 2.45) is 0 Å². The second-order valence-electron chi connectivity index (χ2n) is 6.37. The Labute approximate surface area is 150 Å². The summed E-state index contributed by atoms with van der Waals surface area (Å²) in [5, 5.41) is 4.34. The van der Waals surface area contributed by atoms with E-state index in [0.29, 0.717) is 16.3 Å². The molecule has 0 atom stereocenters. The number of hydrogen-bond donors (Lipinski definition) is 2. The highest BCUT2D eigenvalue weighted by Gasteiger charge is 2.11. The second-order valence-corrected chi connectivity index (χ2v) is 6.77. The summed E-state index contributed by atoms with van der Waals surface area (Å²) in [6.45, 7) is 5.65. The summed E-state index contributed by atoms with van der Waals surface area (Å²) in [6, 6.07) is 11.2. The Kier molecular flexibility index (Phi) is 4.64. The van der Waals surface area contributed by atoms with Crippen LogP contribution in [0.25, 0.3) is 10.9 Å². The molecule has 128 valence electrons. The average molecular weight is 355 g/mol. The standard InChI is InChI=1S/C20H19ClN2O2/c1-11-6-12(2)19(16(21)7-11)23-18(24)10-14-4-5-17-15(9-14)8-13(3)20(25)22-17/h4-9H,10H2,1-3H3,(H,22,25)(H,23,24). The number of rotatable bonds is 3. The van der Waals surface area contributed by atoms with Gasteiger partial charge in [-0.2, -0.15) is 0 Å². The van der Waals surface area contributed by atoms with E-state index in [1.54, 1.807) is 6.92 Å². The van der Waals surface area contributed by atoms with E-state index in [1.807, 2.05) is 50.2 Å². The molecule has 3 aromatic rings. The number of halogens is 1. The molecule has 0 spiro atoms. The molecule has 1 aromatic heterocycles. The summed E-state index contributed by atoms with van der Waals surface area (Å²) in [7, 11) is 0. The first kappa shape index (κ1) is 17.2. The van der Waals surface area contributed by atoms with E-state index in [9.17, 15) is 9.59 Å². The highest BCUT2D eigenvalue weighted by Crippen LogP contribution is 2.27. The Morgan fingerprint density at radius 1 is 1.08 bits per heavy atom. The maximum Gasteiger partial charge on any atom is 0.251 e. The predicted molar refractivity (Wildman–Crippen MR) is 103 cm³/mol. The number of fused-ring (bicyclic) bond motifs is 1. The van der Waals surface area contributed by atoms with Gasteiger partial charge in [-0.15, -0.1) is 0 Å². The highest BCUT2D eigenvalue weighted by atomic mass is 35.5. The van der Waals surface area contributed by atoms with Gasteiger partial charge in [-0.3, -0.25) is 9.59 Å². The van der Waals surface area contributed by atoms with E-state index in [4.69, 9.17) is 11.6 Å². The van der Waals surface area contributed by atoms with Crippen molar-refractivity contribution in [2.75, 3.05) is 5.32 Å². The average Bonchev–Trinajstić information content (AvgIpc) is 2.52. The van der Waals surface area contributed by atoms with Gasteiger partial charge < -0.3 is 10.3 Å². The van der Waals surface area contributed by atoms with Crippen LogP contribution in [0.2, 0.25) is 5.02 Å². The fourth-order valence-corrected chi connectivity index (χ4v) is 3.29. The molecule has 0 fully saturated rings. The van der Waals surface area contributed by atoms with E-state index in [0.717, 1.165) is 27.6 Å². The lowest BCUT2D eigenvalue weighted by Gasteiger charge is -2.12. The van der Waals surface area contributed by atoms with Gasteiger partial charge in [-0.1, -0.05) is 23.7 Å². The fourth-order valence-electron chi connectivity index (χ4n) is 2.92. The number of aromatic nitrogens is 1. The summed E-state index contributed by atoms with van der Waals surface area (Å²) in [6.07, 6.45) is 0.234. The molecule has 0 radical (unpaired) electrons. The zero-order chi connectivity index (χ0) is 18.1. The summed E-state index contributed by atoms with van der Waals surface area (Å²) >= 11 is 6.24. The van der Waals surface area contributed by atoms with Gasteiger partial charge in [0, 0.05) is 11.1 Å². The summed E-state index contributed by atoms with van der Waals surface area (Å²) in [5.41, 5.74) is 4.83. The molecule has 1 amide bonds. The largest absolute Gasteiger partial charge is 0.324 e. The third-order valence-corrected chi connectivity index (χ3v) is 4.45. The van der Waals surface area contributed by atoms with E-state index < -0.39 is 0 Å². The number of hydrogen-bond acceptors (Lipinski definition) is 2. The third-order valence-electron chi connectivity index (χ3n) is 4.16. The lowest BCUT2D eigenvalue weighted by molar-refractivity contribution is -0.115. The van der Waals surface area contributed by atoms with Gasteiger partial charge in [0.05, 0.1) is 17.1 Å². The first-order valence-corrected chi connectivity index (χ1v) is 8.40. The Hall–Kier alpha value is -2.59. The quantitative estimate of drug-likeness (QED) is 0.737. The third kappa shape index (κ3) is 3.74. The van der Waals surface area contributed by atoms with Crippen LogP contribution in [0.15, 0.2) is 41.2 Å². The number of aromatic amines is 1. The minimum Gasteiger partial charge on any atom is -0.324 e. The van der Waals surface area contributed by atoms with E-state index in [1.165, 1.54) is 0 Å². The first-order chi connectivity index (χ1) is 11.8. The van der Waals surface area contributed by atoms with Gasteiger partial charge in [0.1, 0.15) is 0 Å². The maximum absolute atomic E-state index is 12.4. The summed E-state index contributed by atoms with van der Waals surface area (Å²) < 4.78 is 0. The van der Waals surface area contributed by atoms with Gasteiger partial charge in [0.2, 0.25) is 5.91 Å². The van der Waals surface area contributed by atoms with E-state index in [-0.39, 0.29) is 17.9 Å². The lowest BCUT2D eigenvalue weighted by atomic mass is 10.1. The van der Waals surface area contributed by atoms with E-state index in [2.05, 4.69) is 10.3 Å². The topological polar surface area (TPSA) is 62.0 Å². The van der Waals surface area contributed by atoms with Crippen LogP contribution in [-0.2, 0) is 11.2 Å². The zero-order valence-electron chi connectivity index (χ0n) is 14.4. The first-order valence-electron chi connectivity index (χ1n) is 8.02. The maximum atomic E-state index is 12.4. The fraction of sp³-hybridized carbons (Fsp3) is 0.200. The number of pyridine rings is 1. The normalized spacial score (nSPS) is 10.9. The Morgan fingerprint density at radius 3 is 2.56 bits per heavy atom. The molecule has 0 bridgehead atoms. The molecular formula is C20H19ClN2O2. The number of carbonyl (C=O) groups excluding carboxylic acids is 1. The van der Waals surface area contributed by atoms with Crippen molar-refractivity contribution < 1.29 is 4.79 Å². The van der Waals surface area contributed by atoms with Crippen LogP contribution in [0.1, 0.15) is 22.3 Å². The smallest absolute Gasteiger partial charge is 0.251 e. The van der Waals surface area contributed by atoms with Crippen LogP contribution in [0.4, 0.5) is 5.69 Å². The van der Waals surface area contributed by atoms with Crippen molar-refractivity contribution in [3.8, 4) is 0 Å². The number of nitrogens with one attached hydrogen (secondary N) is 2. The molecule has 2 aromatic carbocycles. The van der Waals surface area contributed by atoms with Crippen LogP contribution in [0.5, 0.6) is 0 Å². The molecule has 25 heavy (non-hydrogen) atoms. The Morgan fingerprint density at radius 2 is 1.84 bits per heavy atom. The predicted octanol–water partition coefficient (Wildman–Crippen LogP) is 4.29. The number of benzene rings is 2. The monoisotopic (exact) mass is 354 g/mol. The van der Waals surface area contributed by atoms with Crippen LogP contribution in [0.3, 0.4) is 0 Å². The van der Waals surface area contributed by atoms with Crippen molar-refractivity contribution in [3.63, 3.8) is 0 Å². The van der Waals surface area contributed by atoms with Crippen molar-refractivity contribution in [1.82, 2.24) is 4.98 Å². The van der Waals surface area contributed by atoms with Crippen molar-refractivity contribution in [1.29, 1.82) is 0 Å². The van der Waals surface area contributed by atoms with Crippen LogP contribution in [0, 0.1) is 20.8 Å². The number of carbonyl (C=O) groups is 1. The molecule has 3 rings (SSSR count). The SMILES string of the molecule is Cc1cc(C)c(NC(=O)Cc2ccc3[nH]c(=O)c(C)cc3c2)c(Cl)c1. The number of aryl methyl sites for hydroxylation is 3. The van der Waals surface area contributed by atoms with Gasteiger partial charge in [-0.05, 0) is 67.1 Å². The van der Waals surface area contributed by atoms with Gasteiger partial charge >= 0.3 is 0 Å². The van der Waals surface area contributed by atoms with Gasteiger partial charge in [-0.25, -0.2) is 0 Å². The Bertz CT molecular complexity index is 1010. The Balaban J connectivity index is 1.83. The van der Waals surface area contributed by atoms with Gasteiger partial charge in [0.15, 0.2) is 0 Å². The van der Waals surface area contributed by atoms with Crippen LogP contribution < -0.4 is 10.9 Å². The highest BCUT2D eigenvalue weighted by molar-refractivity contribution is 6.34. The van der Waals surface area contributed by atoms with Crippen molar-refractivity contribution in [2.45, 2.75) is 27.2 Å². The minimum atomic E-state index is -0.130.